The Balaban J connectivity index is 1.49. The van der Waals surface area contributed by atoms with E-state index in [1.165, 1.54) is 21.1 Å². The first-order chi connectivity index (χ1) is 13.9. The molecule has 0 atom stereocenters. The molecule has 0 radical (unpaired) electrons. The summed E-state index contributed by atoms with van der Waals surface area (Å²) in [5.41, 5.74) is -0.166. The fourth-order valence-corrected chi connectivity index (χ4v) is 5.90. The lowest BCUT2D eigenvalue weighted by Gasteiger charge is -2.34. The topological polar surface area (TPSA) is 75.5 Å². The highest BCUT2D eigenvalue weighted by Crippen LogP contribution is 2.31. The van der Waals surface area contributed by atoms with Gasteiger partial charge >= 0.3 is 0 Å². The van der Waals surface area contributed by atoms with Crippen molar-refractivity contribution < 1.29 is 8.42 Å². The first-order valence-corrected chi connectivity index (χ1v) is 11.2. The van der Waals surface area contributed by atoms with Crippen LogP contribution in [-0.4, -0.2) is 53.6 Å². The van der Waals surface area contributed by atoms with Crippen LogP contribution in [0.5, 0.6) is 0 Å². The van der Waals surface area contributed by atoms with Gasteiger partial charge in [0.15, 0.2) is 0 Å². The van der Waals surface area contributed by atoms with E-state index < -0.39 is 10.0 Å². The number of benzene rings is 2. The van der Waals surface area contributed by atoms with Gasteiger partial charge in [-0.3, -0.25) is 9.69 Å². The predicted octanol–water partition coefficient (Wildman–Crippen LogP) is 2.67. The van der Waals surface area contributed by atoms with Gasteiger partial charge in [0.2, 0.25) is 10.0 Å². The molecule has 1 aromatic heterocycles. The van der Waals surface area contributed by atoms with Crippen molar-refractivity contribution in [2.75, 3.05) is 26.2 Å². The van der Waals surface area contributed by atoms with Crippen LogP contribution < -0.4 is 5.56 Å². The summed E-state index contributed by atoms with van der Waals surface area (Å²) in [6, 6.07) is 11.9. The number of halogens is 2. The third-order valence-corrected chi connectivity index (χ3v) is 7.80. The van der Waals surface area contributed by atoms with E-state index in [0.29, 0.717) is 25.1 Å². The molecule has 0 unspecified atom stereocenters. The molecular formula is C19H18Cl2N4O3S. The van der Waals surface area contributed by atoms with Gasteiger partial charge in [-0.15, -0.1) is 0 Å². The van der Waals surface area contributed by atoms with Crippen molar-refractivity contribution in [3.05, 3.63) is 69.1 Å². The normalized spacial score (nSPS) is 16.3. The molecule has 0 N–H and O–H groups in total. The number of aromatic nitrogens is 2. The van der Waals surface area contributed by atoms with Gasteiger partial charge in [-0.2, -0.15) is 9.40 Å². The van der Waals surface area contributed by atoms with Gasteiger partial charge in [0.05, 0.1) is 28.3 Å². The molecule has 10 heteroatoms. The van der Waals surface area contributed by atoms with E-state index in [9.17, 15) is 13.2 Å². The van der Waals surface area contributed by atoms with Crippen LogP contribution in [0.2, 0.25) is 10.0 Å². The molecule has 152 valence electrons. The second-order valence-electron chi connectivity index (χ2n) is 6.75. The Hall–Kier alpha value is -1.97. The van der Waals surface area contributed by atoms with Crippen LogP contribution in [0.1, 0.15) is 0 Å². The van der Waals surface area contributed by atoms with E-state index in [1.807, 2.05) is 23.1 Å². The first kappa shape index (κ1) is 20.3. The summed E-state index contributed by atoms with van der Waals surface area (Å²) in [5, 5.41) is 5.84. The summed E-state index contributed by atoms with van der Waals surface area (Å²) in [4.78, 5) is 14.5. The first-order valence-electron chi connectivity index (χ1n) is 8.99. The Kier molecular flexibility index (Phi) is 5.63. The third kappa shape index (κ3) is 3.91. The number of piperazine rings is 1. The van der Waals surface area contributed by atoms with Gasteiger partial charge in [-0.25, -0.2) is 13.1 Å². The SMILES string of the molecule is O=c1c2ccccc2cnn1CN1CCN(S(=O)(=O)c2c(Cl)cccc2Cl)CC1. The van der Waals surface area contributed by atoms with Crippen LogP contribution in [0.15, 0.2) is 58.4 Å². The smallest absolute Gasteiger partial charge is 0.275 e. The van der Waals surface area contributed by atoms with Crippen molar-refractivity contribution in [1.29, 1.82) is 0 Å². The Bertz CT molecular complexity index is 1200. The highest BCUT2D eigenvalue weighted by atomic mass is 35.5. The molecule has 1 saturated heterocycles. The molecular weight excluding hydrogens is 435 g/mol. The van der Waals surface area contributed by atoms with E-state index in [0.717, 1.165) is 5.39 Å². The summed E-state index contributed by atoms with van der Waals surface area (Å²) >= 11 is 12.2. The average molecular weight is 453 g/mol. The van der Waals surface area contributed by atoms with Gasteiger partial charge in [-0.05, 0) is 18.2 Å². The fourth-order valence-electron chi connectivity index (χ4n) is 3.39. The lowest BCUT2D eigenvalue weighted by Crippen LogP contribution is -2.49. The van der Waals surface area contributed by atoms with E-state index in [-0.39, 0.29) is 33.6 Å². The van der Waals surface area contributed by atoms with E-state index in [2.05, 4.69) is 5.10 Å². The highest BCUT2D eigenvalue weighted by Gasteiger charge is 2.32. The largest absolute Gasteiger partial charge is 0.282 e. The van der Waals surface area contributed by atoms with Crippen molar-refractivity contribution in [3.8, 4) is 0 Å². The zero-order valence-electron chi connectivity index (χ0n) is 15.3. The Morgan fingerprint density at radius 1 is 0.931 bits per heavy atom. The summed E-state index contributed by atoms with van der Waals surface area (Å²) < 4.78 is 28.7. The zero-order chi connectivity index (χ0) is 20.6. The zero-order valence-corrected chi connectivity index (χ0v) is 17.7. The van der Waals surface area contributed by atoms with Gasteiger partial charge in [0.25, 0.3) is 5.56 Å². The number of sulfonamides is 1. The second-order valence-corrected chi connectivity index (χ2v) is 9.44. The van der Waals surface area contributed by atoms with E-state index >= 15 is 0 Å². The van der Waals surface area contributed by atoms with Gasteiger partial charge in [0.1, 0.15) is 4.90 Å². The molecule has 1 fully saturated rings. The molecule has 2 heterocycles. The van der Waals surface area contributed by atoms with Crippen LogP contribution in [-0.2, 0) is 16.7 Å². The fraction of sp³-hybridized carbons (Fsp3) is 0.263. The Morgan fingerprint density at radius 2 is 1.59 bits per heavy atom. The number of nitrogens with zero attached hydrogens (tertiary/aromatic N) is 4. The molecule has 1 aliphatic heterocycles. The van der Waals surface area contributed by atoms with Gasteiger partial charge < -0.3 is 0 Å². The Morgan fingerprint density at radius 3 is 2.28 bits per heavy atom. The summed E-state index contributed by atoms with van der Waals surface area (Å²) in [6.45, 7) is 1.76. The van der Waals surface area contributed by atoms with Crippen molar-refractivity contribution in [2.45, 2.75) is 11.6 Å². The quantitative estimate of drug-likeness (QED) is 0.607. The molecule has 0 saturated carbocycles. The maximum atomic E-state index is 13.0. The van der Waals surface area contributed by atoms with Crippen LogP contribution in [0.25, 0.3) is 10.8 Å². The van der Waals surface area contributed by atoms with Crippen LogP contribution in [0, 0.1) is 0 Å². The molecule has 29 heavy (non-hydrogen) atoms. The molecule has 2 aromatic carbocycles. The minimum absolute atomic E-state index is 0.0656. The number of hydrogen-bond acceptors (Lipinski definition) is 5. The Labute approximate surface area is 178 Å². The van der Waals surface area contributed by atoms with Crippen molar-refractivity contribution in [3.63, 3.8) is 0 Å². The van der Waals surface area contributed by atoms with Crippen LogP contribution in [0.3, 0.4) is 0 Å². The molecule has 0 aliphatic carbocycles. The monoisotopic (exact) mass is 452 g/mol. The maximum Gasteiger partial charge on any atom is 0.275 e. The minimum atomic E-state index is -3.80. The number of fused-ring (bicyclic) bond motifs is 1. The minimum Gasteiger partial charge on any atom is -0.282 e. The summed E-state index contributed by atoms with van der Waals surface area (Å²) in [7, 11) is -3.80. The molecule has 7 nitrogen and oxygen atoms in total. The molecule has 0 spiro atoms. The maximum absolute atomic E-state index is 13.0. The van der Waals surface area contributed by atoms with Gasteiger partial charge in [-0.1, -0.05) is 47.5 Å². The molecule has 1 aliphatic rings. The lowest BCUT2D eigenvalue weighted by atomic mass is 10.2. The van der Waals surface area contributed by atoms with Gasteiger partial charge in [0, 0.05) is 31.6 Å². The standard InChI is InChI=1S/C19H18Cl2N4O3S/c20-16-6-3-7-17(21)18(16)29(27,28)24-10-8-23(9-11-24)13-25-19(26)15-5-2-1-4-14(15)12-22-25/h1-7,12H,8-11,13H2. The summed E-state index contributed by atoms with van der Waals surface area (Å²) in [5.74, 6) is 0. The molecule has 0 amide bonds. The van der Waals surface area contributed by atoms with E-state index in [4.69, 9.17) is 23.2 Å². The van der Waals surface area contributed by atoms with Crippen molar-refractivity contribution in [2.24, 2.45) is 0 Å². The number of rotatable bonds is 4. The van der Waals surface area contributed by atoms with Crippen LogP contribution in [0.4, 0.5) is 0 Å². The third-order valence-electron chi connectivity index (χ3n) is 4.94. The average Bonchev–Trinajstić information content (AvgIpc) is 2.70. The highest BCUT2D eigenvalue weighted by molar-refractivity contribution is 7.89. The second kappa shape index (κ2) is 8.04. The summed E-state index contributed by atoms with van der Waals surface area (Å²) in [6.07, 6.45) is 1.66. The number of hydrogen-bond donors (Lipinski definition) is 0. The molecule has 0 bridgehead atoms. The predicted molar refractivity (Wildman–Crippen MR) is 113 cm³/mol. The van der Waals surface area contributed by atoms with E-state index in [1.54, 1.807) is 18.3 Å². The molecule has 4 rings (SSSR count). The lowest BCUT2D eigenvalue weighted by molar-refractivity contribution is 0.143. The molecule has 3 aromatic rings. The van der Waals surface area contributed by atoms with Crippen molar-refractivity contribution in [1.82, 2.24) is 19.0 Å². The van der Waals surface area contributed by atoms with Crippen LogP contribution >= 0.6 is 23.2 Å². The van der Waals surface area contributed by atoms with Crippen molar-refractivity contribution >= 4 is 44.0 Å².